The number of benzene rings is 3. The van der Waals surface area contributed by atoms with Crippen molar-refractivity contribution in [2.45, 2.75) is 19.8 Å². The summed E-state index contributed by atoms with van der Waals surface area (Å²) in [5.41, 5.74) is 2.48. The fourth-order valence-electron chi connectivity index (χ4n) is 3.86. The van der Waals surface area contributed by atoms with Crippen molar-refractivity contribution in [3.8, 4) is 5.75 Å². The molecule has 1 fully saturated rings. The first-order valence-corrected chi connectivity index (χ1v) is 9.88. The Bertz CT molecular complexity index is 991. The maximum atomic E-state index is 13.1. The van der Waals surface area contributed by atoms with Gasteiger partial charge in [0.25, 0.3) is 5.91 Å². The summed E-state index contributed by atoms with van der Waals surface area (Å²) in [5, 5.41) is 5.19. The molecule has 0 spiro atoms. The number of anilines is 2. The molecule has 0 aliphatic carbocycles. The van der Waals surface area contributed by atoms with Gasteiger partial charge < -0.3 is 15.0 Å². The van der Waals surface area contributed by atoms with Crippen LogP contribution in [0.5, 0.6) is 5.75 Å². The largest absolute Gasteiger partial charge is 0.496 e. The molecule has 4 nitrogen and oxygen atoms in total. The third-order valence-corrected chi connectivity index (χ3v) is 5.59. The number of piperidine rings is 1. The topological polar surface area (TPSA) is 41.6 Å². The van der Waals surface area contributed by atoms with Crippen LogP contribution < -0.4 is 15.0 Å². The molecule has 1 N–H and O–H groups in total. The van der Waals surface area contributed by atoms with Gasteiger partial charge >= 0.3 is 0 Å². The maximum Gasteiger partial charge on any atom is 0.259 e. The quantitative estimate of drug-likeness (QED) is 0.670. The summed E-state index contributed by atoms with van der Waals surface area (Å²) in [6.07, 6.45) is 2.36. The Hall–Kier alpha value is -3.01. The number of carbonyl (C=O) groups is 1. The fraction of sp³-hybridized carbons (Fsp3) is 0.292. The van der Waals surface area contributed by atoms with Crippen LogP contribution in [0, 0.1) is 5.92 Å². The third-order valence-electron chi connectivity index (χ3n) is 5.59. The van der Waals surface area contributed by atoms with E-state index in [1.54, 1.807) is 7.11 Å². The Kier molecular flexibility index (Phi) is 5.20. The smallest absolute Gasteiger partial charge is 0.259 e. The monoisotopic (exact) mass is 374 g/mol. The molecule has 4 rings (SSSR count). The van der Waals surface area contributed by atoms with Crippen molar-refractivity contribution in [1.82, 2.24) is 0 Å². The number of ether oxygens (including phenoxy) is 1. The molecule has 0 unspecified atom stereocenters. The first-order chi connectivity index (χ1) is 13.7. The Labute approximate surface area is 166 Å². The minimum atomic E-state index is -0.152. The van der Waals surface area contributed by atoms with Crippen LogP contribution in [0.4, 0.5) is 11.4 Å². The highest BCUT2D eigenvalue weighted by Gasteiger charge is 2.20. The number of methoxy groups -OCH3 is 1. The molecule has 1 amide bonds. The van der Waals surface area contributed by atoms with Gasteiger partial charge in [0.15, 0.2) is 0 Å². The van der Waals surface area contributed by atoms with Crippen LogP contribution in [0.2, 0.25) is 0 Å². The van der Waals surface area contributed by atoms with E-state index in [4.69, 9.17) is 4.74 Å². The molecule has 28 heavy (non-hydrogen) atoms. The lowest BCUT2D eigenvalue weighted by atomic mass is 9.98. The van der Waals surface area contributed by atoms with E-state index in [0.717, 1.165) is 41.2 Å². The van der Waals surface area contributed by atoms with E-state index in [-0.39, 0.29) is 5.91 Å². The van der Waals surface area contributed by atoms with Crippen LogP contribution in [0.1, 0.15) is 30.1 Å². The molecule has 3 aromatic carbocycles. The molecule has 1 saturated heterocycles. The lowest BCUT2D eigenvalue weighted by molar-refractivity contribution is 0.102. The molecule has 0 aromatic heterocycles. The van der Waals surface area contributed by atoms with E-state index in [2.05, 4.69) is 23.2 Å². The number of hydrogen-bond donors (Lipinski definition) is 1. The molecular weight excluding hydrogens is 348 g/mol. The molecule has 144 valence electrons. The number of nitrogens with zero attached hydrogens (tertiary/aromatic N) is 1. The third kappa shape index (κ3) is 3.68. The minimum Gasteiger partial charge on any atom is -0.496 e. The number of nitrogens with one attached hydrogen (secondary N) is 1. The number of amides is 1. The molecule has 1 aliphatic heterocycles. The highest BCUT2D eigenvalue weighted by Crippen LogP contribution is 2.31. The Morgan fingerprint density at radius 2 is 1.64 bits per heavy atom. The van der Waals surface area contributed by atoms with Gasteiger partial charge in [0, 0.05) is 13.1 Å². The van der Waals surface area contributed by atoms with Gasteiger partial charge in [-0.05, 0) is 53.8 Å². The van der Waals surface area contributed by atoms with E-state index in [0.29, 0.717) is 11.3 Å². The van der Waals surface area contributed by atoms with Gasteiger partial charge in [0.2, 0.25) is 0 Å². The Morgan fingerprint density at radius 1 is 1.00 bits per heavy atom. The van der Waals surface area contributed by atoms with Crippen LogP contribution >= 0.6 is 0 Å². The predicted octanol–water partition coefficient (Wildman–Crippen LogP) is 5.34. The summed E-state index contributed by atoms with van der Waals surface area (Å²) in [4.78, 5) is 15.5. The molecule has 0 atom stereocenters. The summed E-state index contributed by atoms with van der Waals surface area (Å²) in [6, 6.07) is 19.8. The highest BCUT2D eigenvalue weighted by atomic mass is 16.5. The van der Waals surface area contributed by atoms with Crippen LogP contribution in [0.15, 0.2) is 60.7 Å². The summed E-state index contributed by atoms with van der Waals surface area (Å²) in [5.74, 6) is 1.20. The van der Waals surface area contributed by atoms with Crippen LogP contribution in [-0.2, 0) is 0 Å². The van der Waals surface area contributed by atoms with Crippen molar-refractivity contribution in [2.75, 3.05) is 30.4 Å². The van der Waals surface area contributed by atoms with Gasteiger partial charge in [-0.1, -0.05) is 43.3 Å². The van der Waals surface area contributed by atoms with Crippen molar-refractivity contribution in [3.63, 3.8) is 0 Å². The lowest BCUT2D eigenvalue weighted by Crippen LogP contribution is -2.33. The molecule has 0 saturated carbocycles. The Balaban J connectivity index is 1.63. The van der Waals surface area contributed by atoms with E-state index < -0.39 is 0 Å². The first kappa shape index (κ1) is 18.4. The van der Waals surface area contributed by atoms with E-state index in [9.17, 15) is 4.79 Å². The van der Waals surface area contributed by atoms with Crippen molar-refractivity contribution < 1.29 is 9.53 Å². The molecule has 1 heterocycles. The highest BCUT2D eigenvalue weighted by molar-refractivity contribution is 6.10. The van der Waals surface area contributed by atoms with Gasteiger partial charge in [0.1, 0.15) is 5.75 Å². The zero-order chi connectivity index (χ0) is 19.5. The second kappa shape index (κ2) is 7.93. The normalized spacial score (nSPS) is 14.9. The van der Waals surface area contributed by atoms with Crippen molar-refractivity contribution in [3.05, 3.63) is 66.2 Å². The maximum absolute atomic E-state index is 13.1. The summed E-state index contributed by atoms with van der Waals surface area (Å²) in [6.45, 7) is 4.34. The van der Waals surface area contributed by atoms with Crippen molar-refractivity contribution in [2.24, 2.45) is 5.92 Å². The van der Waals surface area contributed by atoms with Crippen LogP contribution in [-0.4, -0.2) is 26.1 Å². The zero-order valence-electron chi connectivity index (χ0n) is 16.4. The predicted molar refractivity (Wildman–Crippen MR) is 116 cm³/mol. The van der Waals surface area contributed by atoms with Gasteiger partial charge in [-0.15, -0.1) is 0 Å². The number of fused-ring (bicyclic) bond motifs is 1. The minimum absolute atomic E-state index is 0.152. The van der Waals surface area contributed by atoms with E-state index >= 15 is 0 Å². The molecular formula is C24H26N2O2. The second-order valence-corrected chi connectivity index (χ2v) is 7.54. The summed E-state index contributed by atoms with van der Waals surface area (Å²) >= 11 is 0. The number of hydrogen-bond acceptors (Lipinski definition) is 3. The average Bonchev–Trinajstić information content (AvgIpc) is 2.74. The molecule has 0 bridgehead atoms. The number of carbonyl (C=O) groups excluding carboxylic acids is 1. The second-order valence-electron chi connectivity index (χ2n) is 7.54. The SMILES string of the molecule is COc1cc2ccccc2cc1C(=O)Nc1ccccc1N1CCC(C)CC1. The standard InChI is InChI=1S/C24H26N2O2/c1-17-11-13-26(14-12-17)22-10-6-5-9-21(22)25-24(27)20-15-18-7-3-4-8-19(18)16-23(20)28-2/h3-10,15-17H,11-14H2,1-2H3,(H,25,27). The molecule has 4 heteroatoms. The Morgan fingerprint density at radius 3 is 2.36 bits per heavy atom. The van der Waals surface area contributed by atoms with E-state index in [1.807, 2.05) is 54.6 Å². The summed E-state index contributed by atoms with van der Waals surface area (Å²) in [7, 11) is 1.60. The van der Waals surface area contributed by atoms with Gasteiger partial charge in [-0.3, -0.25) is 4.79 Å². The molecule has 3 aromatic rings. The van der Waals surface area contributed by atoms with Crippen molar-refractivity contribution in [1.29, 1.82) is 0 Å². The average molecular weight is 374 g/mol. The molecule has 0 radical (unpaired) electrons. The van der Waals surface area contributed by atoms with Crippen molar-refractivity contribution >= 4 is 28.1 Å². The zero-order valence-corrected chi connectivity index (χ0v) is 16.4. The van der Waals surface area contributed by atoms with Gasteiger partial charge in [0.05, 0.1) is 24.0 Å². The fourth-order valence-corrected chi connectivity index (χ4v) is 3.86. The molecule has 1 aliphatic rings. The number of para-hydroxylation sites is 2. The van der Waals surface area contributed by atoms with E-state index in [1.165, 1.54) is 12.8 Å². The van der Waals surface area contributed by atoms with Crippen LogP contribution in [0.3, 0.4) is 0 Å². The number of rotatable bonds is 4. The first-order valence-electron chi connectivity index (χ1n) is 9.88. The van der Waals surface area contributed by atoms with Crippen LogP contribution in [0.25, 0.3) is 10.8 Å². The lowest BCUT2D eigenvalue weighted by Gasteiger charge is -2.33. The van der Waals surface area contributed by atoms with Gasteiger partial charge in [-0.2, -0.15) is 0 Å². The van der Waals surface area contributed by atoms with Gasteiger partial charge in [-0.25, -0.2) is 0 Å². The summed E-state index contributed by atoms with van der Waals surface area (Å²) < 4.78 is 5.50.